The summed E-state index contributed by atoms with van der Waals surface area (Å²) >= 11 is 0. The quantitative estimate of drug-likeness (QED) is 0.856. The Kier molecular flexibility index (Phi) is 5.61. The Morgan fingerprint density at radius 2 is 2.37 bits per heavy atom. The van der Waals surface area contributed by atoms with Crippen LogP contribution in [0.5, 0.6) is 0 Å². The van der Waals surface area contributed by atoms with Gasteiger partial charge in [0.25, 0.3) is 0 Å². The van der Waals surface area contributed by atoms with E-state index in [9.17, 15) is 0 Å². The van der Waals surface area contributed by atoms with Crippen LogP contribution in [0.4, 0.5) is 5.82 Å². The normalized spacial score (nSPS) is 20.4. The molecule has 0 aromatic carbocycles. The Labute approximate surface area is 116 Å². The number of nitrogens with zero attached hydrogens (tertiary/aromatic N) is 2. The van der Waals surface area contributed by atoms with Crippen LogP contribution in [0, 0.1) is 0 Å². The van der Waals surface area contributed by atoms with Crippen molar-refractivity contribution in [2.75, 3.05) is 31.6 Å². The average molecular weight is 263 g/mol. The van der Waals surface area contributed by atoms with E-state index in [1.54, 1.807) is 0 Å². The molecule has 1 aromatic rings. The lowest BCUT2D eigenvalue weighted by atomic mass is 10.1. The van der Waals surface area contributed by atoms with E-state index in [1.165, 1.54) is 18.4 Å². The van der Waals surface area contributed by atoms with Gasteiger partial charge in [-0.2, -0.15) is 0 Å². The zero-order chi connectivity index (χ0) is 13.5. The van der Waals surface area contributed by atoms with Gasteiger partial charge in [0.15, 0.2) is 0 Å². The standard InChI is InChI=1S/C15H25N3O/c1-3-16-15-13(7-5-9-17-15)11-18-10-6-8-14(12-18)19-4-2/h5,7,9,14H,3-4,6,8,10-12H2,1-2H3,(H,16,17). The first-order valence-electron chi connectivity index (χ1n) is 7.35. The molecule has 1 fully saturated rings. The molecule has 0 bridgehead atoms. The summed E-state index contributed by atoms with van der Waals surface area (Å²) in [6.07, 6.45) is 4.66. The third kappa shape index (κ3) is 4.18. The number of nitrogens with one attached hydrogen (secondary N) is 1. The van der Waals surface area contributed by atoms with Gasteiger partial charge >= 0.3 is 0 Å². The lowest BCUT2D eigenvalue weighted by molar-refractivity contribution is 0.00366. The van der Waals surface area contributed by atoms with Gasteiger partial charge in [0, 0.05) is 38.0 Å². The van der Waals surface area contributed by atoms with E-state index in [4.69, 9.17) is 4.74 Å². The molecular weight excluding hydrogens is 238 g/mol. The number of hydrogen-bond donors (Lipinski definition) is 1. The van der Waals surface area contributed by atoms with Crippen molar-refractivity contribution in [2.24, 2.45) is 0 Å². The first-order valence-corrected chi connectivity index (χ1v) is 7.35. The molecule has 1 aliphatic heterocycles. The van der Waals surface area contributed by atoms with Crippen LogP contribution in [0.25, 0.3) is 0 Å². The number of rotatable bonds is 6. The van der Waals surface area contributed by atoms with Crippen LogP contribution in [-0.2, 0) is 11.3 Å². The van der Waals surface area contributed by atoms with E-state index in [2.05, 4.69) is 35.1 Å². The molecule has 1 saturated heterocycles. The van der Waals surface area contributed by atoms with Gasteiger partial charge < -0.3 is 10.1 Å². The number of ether oxygens (including phenoxy) is 1. The van der Waals surface area contributed by atoms with Crippen molar-refractivity contribution in [2.45, 2.75) is 39.3 Å². The van der Waals surface area contributed by atoms with Gasteiger partial charge in [-0.05, 0) is 39.3 Å². The lowest BCUT2D eigenvalue weighted by Gasteiger charge is -2.32. The molecule has 0 spiro atoms. The van der Waals surface area contributed by atoms with Gasteiger partial charge in [-0.3, -0.25) is 4.90 Å². The SMILES string of the molecule is CCNc1ncccc1CN1CCCC(OCC)C1. The molecule has 2 heterocycles. The van der Waals surface area contributed by atoms with Crippen molar-refractivity contribution in [3.05, 3.63) is 23.9 Å². The first-order chi connectivity index (χ1) is 9.33. The maximum Gasteiger partial charge on any atom is 0.130 e. The predicted molar refractivity (Wildman–Crippen MR) is 78.3 cm³/mol. The smallest absolute Gasteiger partial charge is 0.130 e. The van der Waals surface area contributed by atoms with Crippen LogP contribution in [-0.4, -0.2) is 42.2 Å². The Bertz CT molecular complexity index is 381. The number of anilines is 1. The van der Waals surface area contributed by atoms with E-state index >= 15 is 0 Å². The van der Waals surface area contributed by atoms with Crippen molar-refractivity contribution in [3.8, 4) is 0 Å². The van der Waals surface area contributed by atoms with Gasteiger partial charge in [0.05, 0.1) is 6.10 Å². The molecule has 106 valence electrons. The van der Waals surface area contributed by atoms with Crippen molar-refractivity contribution in [1.29, 1.82) is 0 Å². The van der Waals surface area contributed by atoms with Crippen LogP contribution in [0.1, 0.15) is 32.3 Å². The van der Waals surface area contributed by atoms with Gasteiger partial charge in [-0.15, -0.1) is 0 Å². The second-order valence-corrected chi connectivity index (χ2v) is 5.00. The molecule has 1 unspecified atom stereocenters. The minimum absolute atomic E-state index is 0.401. The fraction of sp³-hybridized carbons (Fsp3) is 0.667. The van der Waals surface area contributed by atoms with Gasteiger partial charge in [-0.25, -0.2) is 4.98 Å². The number of aromatic nitrogens is 1. The molecule has 19 heavy (non-hydrogen) atoms. The highest BCUT2D eigenvalue weighted by Gasteiger charge is 2.20. The topological polar surface area (TPSA) is 37.4 Å². The van der Waals surface area contributed by atoms with Crippen molar-refractivity contribution < 1.29 is 4.74 Å². The van der Waals surface area contributed by atoms with Crippen LogP contribution >= 0.6 is 0 Å². The largest absolute Gasteiger partial charge is 0.377 e. The minimum atomic E-state index is 0.401. The predicted octanol–water partition coefficient (Wildman–Crippen LogP) is 2.51. The van der Waals surface area contributed by atoms with E-state index in [-0.39, 0.29) is 0 Å². The second-order valence-electron chi connectivity index (χ2n) is 5.00. The summed E-state index contributed by atoms with van der Waals surface area (Å²) < 4.78 is 5.76. The summed E-state index contributed by atoms with van der Waals surface area (Å²) in [6, 6.07) is 4.18. The molecular formula is C15H25N3O. The highest BCUT2D eigenvalue weighted by atomic mass is 16.5. The second kappa shape index (κ2) is 7.46. The monoisotopic (exact) mass is 263 g/mol. The van der Waals surface area contributed by atoms with Crippen LogP contribution in [0.15, 0.2) is 18.3 Å². The summed E-state index contributed by atoms with van der Waals surface area (Å²) in [5, 5.41) is 3.33. The van der Waals surface area contributed by atoms with Crippen LogP contribution in [0.3, 0.4) is 0 Å². The highest BCUT2D eigenvalue weighted by molar-refractivity contribution is 5.43. The third-order valence-electron chi connectivity index (χ3n) is 3.49. The Hall–Kier alpha value is -1.13. The molecule has 0 aliphatic carbocycles. The van der Waals surface area contributed by atoms with Crippen LogP contribution in [0.2, 0.25) is 0 Å². The minimum Gasteiger partial charge on any atom is -0.377 e. The van der Waals surface area contributed by atoms with E-state index in [1.807, 2.05) is 12.3 Å². The molecule has 1 N–H and O–H groups in total. The molecule has 0 radical (unpaired) electrons. The van der Waals surface area contributed by atoms with Crippen molar-refractivity contribution in [1.82, 2.24) is 9.88 Å². The summed E-state index contributed by atoms with van der Waals surface area (Å²) in [5.41, 5.74) is 1.28. The lowest BCUT2D eigenvalue weighted by Crippen LogP contribution is -2.39. The molecule has 4 nitrogen and oxygen atoms in total. The summed E-state index contributed by atoms with van der Waals surface area (Å²) in [6.45, 7) is 9.05. The number of likely N-dealkylation sites (tertiary alicyclic amines) is 1. The van der Waals surface area contributed by atoms with Gasteiger partial charge in [0.2, 0.25) is 0 Å². The number of piperidine rings is 1. The maximum atomic E-state index is 5.76. The number of hydrogen-bond acceptors (Lipinski definition) is 4. The summed E-state index contributed by atoms with van der Waals surface area (Å²) in [4.78, 5) is 6.89. The van der Waals surface area contributed by atoms with E-state index in [0.717, 1.165) is 38.6 Å². The molecule has 0 amide bonds. The maximum absolute atomic E-state index is 5.76. The fourth-order valence-corrected chi connectivity index (χ4v) is 2.66. The zero-order valence-corrected chi connectivity index (χ0v) is 12.1. The molecule has 1 atom stereocenters. The van der Waals surface area contributed by atoms with Gasteiger partial charge in [0.1, 0.15) is 5.82 Å². The van der Waals surface area contributed by atoms with Gasteiger partial charge in [-0.1, -0.05) is 6.07 Å². The van der Waals surface area contributed by atoms with E-state index in [0.29, 0.717) is 6.10 Å². The first kappa shape index (κ1) is 14.3. The fourth-order valence-electron chi connectivity index (χ4n) is 2.66. The molecule has 4 heteroatoms. The highest BCUT2D eigenvalue weighted by Crippen LogP contribution is 2.19. The average Bonchev–Trinajstić information content (AvgIpc) is 2.42. The Balaban J connectivity index is 1.96. The zero-order valence-electron chi connectivity index (χ0n) is 12.1. The number of pyridine rings is 1. The molecule has 2 rings (SSSR count). The third-order valence-corrected chi connectivity index (χ3v) is 3.49. The van der Waals surface area contributed by atoms with Crippen LogP contribution < -0.4 is 5.32 Å². The summed E-state index contributed by atoms with van der Waals surface area (Å²) in [7, 11) is 0. The molecule has 1 aliphatic rings. The Morgan fingerprint density at radius 3 is 3.16 bits per heavy atom. The van der Waals surface area contributed by atoms with Crippen molar-refractivity contribution >= 4 is 5.82 Å². The van der Waals surface area contributed by atoms with Crippen molar-refractivity contribution in [3.63, 3.8) is 0 Å². The summed E-state index contributed by atoms with van der Waals surface area (Å²) in [5.74, 6) is 1.02. The Morgan fingerprint density at radius 1 is 1.47 bits per heavy atom. The van der Waals surface area contributed by atoms with E-state index < -0.39 is 0 Å². The molecule has 0 saturated carbocycles. The molecule has 1 aromatic heterocycles.